The van der Waals surface area contributed by atoms with E-state index < -0.39 is 6.48 Å². The Kier molecular flexibility index (Phi) is 3.67. The van der Waals surface area contributed by atoms with E-state index in [-0.39, 0.29) is 0 Å². The van der Waals surface area contributed by atoms with E-state index in [1.54, 1.807) is 0 Å². The molecule has 43 valence electrons. The van der Waals surface area contributed by atoms with Crippen LogP contribution in [0.1, 0.15) is 0 Å². The van der Waals surface area contributed by atoms with Gasteiger partial charge in [0, 0.05) is 0 Å². The molecule has 0 aromatic heterocycles. The van der Waals surface area contributed by atoms with Gasteiger partial charge in [-0.05, 0) is 13.6 Å². The van der Waals surface area contributed by atoms with Gasteiger partial charge in [-0.2, -0.15) is 0 Å². The summed E-state index contributed by atoms with van der Waals surface area (Å²) >= 11 is 0. The molecule has 0 unspecified atom stereocenters. The molecular weight excluding hydrogens is 117 g/mol. The Morgan fingerprint density at radius 1 is 0.857 bits per heavy atom. The highest BCUT2D eigenvalue weighted by atomic mass is 19.3. The highest BCUT2D eigenvalue weighted by molar-refractivity contribution is 4.28. The summed E-state index contributed by atoms with van der Waals surface area (Å²) in [6.07, 6.45) is 0. The maximum absolute atomic E-state index is 10.4. The fourth-order valence-electron chi connectivity index (χ4n) is 0.0357. The van der Waals surface area contributed by atoms with Gasteiger partial charge < -0.3 is 0 Å². The van der Waals surface area contributed by atoms with Crippen molar-refractivity contribution in [1.82, 2.24) is 0 Å². The third-order valence-corrected chi connectivity index (χ3v) is 0.189. The molecule has 0 aliphatic carbocycles. The molecule has 0 fully saturated rings. The van der Waals surface area contributed by atoms with Gasteiger partial charge in [0.1, 0.15) is 0 Å². The van der Waals surface area contributed by atoms with Crippen LogP contribution in [-0.2, 0) is 14.8 Å². The zero-order chi connectivity index (χ0) is 5.70. The van der Waals surface area contributed by atoms with Crippen LogP contribution in [0.3, 0.4) is 0 Å². The first-order chi connectivity index (χ1) is 3.35. The smallest absolute Gasteiger partial charge is 0.113 e. The minimum atomic E-state index is -1.82. The van der Waals surface area contributed by atoms with E-state index in [9.17, 15) is 13.6 Å². The lowest BCUT2D eigenvalue weighted by molar-refractivity contribution is -0.400. The van der Waals surface area contributed by atoms with Gasteiger partial charge in [0.15, 0.2) is 0 Å². The molecule has 3 nitrogen and oxygen atoms in total. The lowest BCUT2D eigenvalue weighted by atomic mass is 11.3. The molecule has 0 rings (SSSR count). The van der Waals surface area contributed by atoms with Crippen LogP contribution in [0, 0.1) is 6.48 Å². The molecule has 6 heteroatoms. The summed E-state index contributed by atoms with van der Waals surface area (Å²) in [6, 6.07) is 0. The van der Waals surface area contributed by atoms with Gasteiger partial charge >= 0.3 is 6.48 Å². The van der Waals surface area contributed by atoms with Crippen molar-refractivity contribution >= 4 is 0 Å². The standard InChI is InChI=1S/CF3O3/c2-5-1(6-3)7-4. The summed E-state index contributed by atoms with van der Waals surface area (Å²) in [5, 5.41) is 0. The van der Waals surface area contributed by atoms with Crippen LogP contribution in [0.2, 0.25) is 0 Å². The maximum Gasteiger partial charge on any atom is 0.468 e. The van der Waals surface area contributed by atoms with Crippen LogP contribution < -0.4 is 0 Å². The minimum absolute atomic E-state index is 1.82. The molecule has 0 heterocycles. The zero-order valence-electron chi connectivity index (χ0n) is 2.86. The molecule has 7 heavy (non-hydrogen) atoms. The van der Waals surface area contributed by atoms with E-state index >= 15 is 0 Å². The summed E-state index contributed by atoms with van der Waals surface area (Å²) in [6.45, 7) is -1.82. The fourth-order valence-corrected chi connectivity index (χ4v) is 0.0357. The number of hydrogen-bond acceptors (Lipinski definition) is 3. The van der Waals surface area contributed by atoms with E-state index in [0.717, 1.165) is 0 Å². The predicted octanol–water partition coefficient (Wildman–Crippen LogP) is 1.14. The van der Waals surface area contributed by atoms with Crippen molar-refractivity contribution in [3.8, 4) is 0 Å². The van der Waals surface area contributed by atoms with E-state index in [1.807, 2.05) is 0 Å². The summed E-state index contributed by atoms with van der Waals surface area (Å²) in [5.41, 5.74) is 0. The highest BCUT2D eigenvalue weighted by Crippen LogP contribution is 2.06. The molecule has 1 radical (unpaired) electrons. The van der Waals surface area contributed by atoms with Crippen molar-refractivity contribution in [3.05, 3.63) is 6.48 Å². The summed E-state index contributed by atoms with van der Waals surface area (Å²) in [7, 11) is 0. The van der Waals surface area contributed by atoms with Crippen LogP contribution in [-0.4, -0.2) is 0 Å². The molecule has 0 aromatic rings. The fraction of sp³-hybridized carbons (Fsp3) is 0. The van der Waals surface area contributed by atoms with Crippen molar-refractivity contribution in [2.75, 3.05) is 0 Å². The summed E-state index contributed by atoms with van der Waals surface area (Å²) in [5.74, 6) is 0. The first-order valence-corrected chi connectivity index (χ1v) is 1.08. The zero-order valence-corrected chi connectivity index (χ0v) is 2.86. The van der Waals surface area contributed by atoms with Gasteiger partial charge in [-0.1, -0.05) is 0 Å². The molecule has 0 amide bonds. The third-order valence-electron chi connectivity index (χ3n) is 0.189. The molecule has 0 aliphatic rings. The number of rotatable bonds is 3. The average Bonchev–Trinajstić information content (AvgIpc) is 1.72. The SMILES string of the molecule is FO[C](OF)OF. The Balaban J connectivity index is 2.99. The molecule has 0 bridgehead atoms. The van der Waals surface area contributed by atoms with Crippen molar-refractivity contribution in [2.24, 2.45) is 0 Å². The quantitative estimate of drug-likeness (QED) is 0.554. The van der Waals surface area contributed by atoms with Gasteiger partial charge in [0.05, 0.1) is 0 Å². The predicted molar refractivity (Wildman–Crippen MR) is 9.82 cm³/mol. The molecular formula is CF3O3. The Labute approximate surface area is 36.3 Å². The first-order valence-electron chi connectivity index (χ1n) is 1.08. The van der Waals surface area contributed by atoms with Crippen molar-refractivity contribution in [3.63, 3.8) is 0 Å². The van der Waals surface area contributed by atoms with Crippen LogP contribution in [0.4, 0.5) is 13.6 Å². The van der Waals surface area contributed by atoms with Crippen molar-refractivity contribution < 1.29 is 28.4 Å². The largest absolute Gasteiger partial charge is 0.468 e. The topological polar surface area (TPSA) is 27.7 Å². The Hall–Kier alpha value is -0.330. The van der Waals surface area contributed by atoms with Crippen LogP contribution in [0.25, 0.3) is 0 Å². The Bertz CT molecular complexity index is 31.7. The van der Waals surface area contributed by atoms with Crippen LogP contribution in [0.15, 0.2) is 0 Å². The van der Waals surface area contributed by atoms with Gasteiger partial charge in [-0.15, -0.1) is 14.8 Å². The lowest BCUT2D eigenvalue weighted by Gasteiger charge is -1.91. The first kappa shape index (κ1) is 6.67. The minimum Gasteiger partial charge on any atom is -0.113 e. The monoisotopic (exact) mass is 117 g/mol. The second-order valence-corrected chi connectivity index (χ2v) is 0.481. The summed E-state index contributed by atoms with van der Waals surface area (Å²) in [4.78, 5) is 6.81. The number of hydrogen-bond donors (Lipinski definition) is 0. The van der Waals surface area contributed by atoms with E-state index in [0.29, 0.717) is 0 Å². The van der Waals surface area contributed by atoms with Crippen LogP contribution in [0.5, 0.6) is 0 Å². The Morgan fingerprint density at radius 3 is 1.14 bits per heavy atom. The van der Waals surface area contributed by atoms with Gasteiger partial charge in [0.2, 0.25) is 0 Å². The second-order valence-electron chi connectivity index (χ2n) is 0.481. The van der Waals surface area contributed by atoms with Gasteiger partial charge in [0.25, 0.3) is 0 Å². The molecule has 0 aromatic carbocycles. The molecule has 0 spiro atoms. The maximum atomic E-state index is 10.4. The van der Waals surface area contributed by atoms with Gasteiger partial charge in [-0.25, -0.2) is 0 Å². The molecule has 0 N–H and O–H groups in total. The molecule has 0 aliphatic heterocycles. The molecule has 0 saturated heterocycles. The van der Waals surface area contributed by atoms with Crippen molar-refractivity contribution in [2.45, 2.75) is 0 Å². The number of halogens is 3. The second kappa shape index (κ2) is 3.85. The van der Waals surface area contributed by atoms with Crippen molar-refractivity contribution in [1.29, 1.82) is 0 Å². The molecule has 0 saturated carbocycles. The van der Waals surface area contributed by atoms with E-state index in [2.05, 4.69) is 14.8 Å². The van der Waals surface area contributed by atoms with E-state index in [4.69, 9.17) is 0 Å². The van der Waals surface area contributed by atoms with E-state index in [1.165, 1.54) is 0 Å². The average molecular weight is 117 g/mol. The van der Waals surface area contributed by atoms with Gasteiger partial charge in [-0.3, -0.25) is 0 Å². The third kappa shape index (κ3) is 2.38. The highest BCUT2D eigenvalue weighted by Gasteiger charge is 2.14. The lowest BCUT2D eigenvalue weighted by Crippen LogP contribution is -1.96. The molecule has 0 atom stereocenters. The normalized spacial score (nSPS) is 10.3. The van der Waals surface area contributed by atoms with Crippen LogP contribution >= 0.6 is 0 Å². The Morgan fingerprint density at radius 2 is 1.14 bits per heavy atom. The summed E-state index contributed by atoms with van der Waals surface area (Å²) < 4.78 is 31.2.